The summed E-state index contributed by atoms with van der Waals surface area (Å²) >= 11 is 0. The monoisotopic (exact) mass is 367 g/mol. The van der Waals surface area contributed by atoms with Crippen LogP contribution in [0.4, 0.5) is 9.18 Å². The first-order valence-electron chi connectivity index (χ1n) is 9.17. The third-order valence-corrected chi connectivity index (χ3v) is 4.09. The highest BCUT2D eigenvalue weighted by Gasteiger charge is 2.30. The molecule has 0 spiro atoms. The first-order valence-corrected chi connectivity index (χ1v) is 9.17. The van der Waals surface area contributed by atoms with Crippen molar-refractivity contribution in [2.24, 2.45) is 0 Å². The lowest BCUT2D eigenvalue weighted by molar-refractivity contribution is 0.0171. The molecule has 0 aliphatic carbocycles. The number of amides is 1. The predicted octanol–water partition coefficient (Wildman–Crippen LogP) is 4.35. The summed E-state index contributed by atoms with van der Waals surface area (Å²) in [5.74, 6) is 0.503. The zero-order valence-corrected chi connectivity index (χ0v) is 16.4. The minimum atomic E-state index is -0.497. The maximum Gasteiger partial charge on any atom is 0.410 e. The minimum Gasteiger partial charge on any atom is -0.491 e. The zero-order valence-electron chi connectivity index (χ0n) is 16.4. The normalized spacial score (nSPS) is 17.7. The number of likely N-dealkylation sites (tertiary alicyclic amines) is 1. The molecule has 146 valence electrons. The Bertz CT molecular complexity index is 612. The Morgan fingerprint density at radius 1 is 1.31 bits per heavy atom. The van der Waals surface area contributed by atoms with E-state index in [1.54, 1.807) is 11.0 Å². The second-order valence-corrected chi connectivity index (χ2v) is 7.89. The second-order valence-electron chi connectivity index (χ2n) is 7.89. The van der Waals surface area contributed by atoms with Gasteiger partial charge in [0.05, 0.1) is 19.3 Å². The van der Waals surface area contributed by atoms with Crippen molar-refractivity contribution in [3.05, 3.63) is 29.6 Å². The van der Waals surface area contributed by atoms with Crippen LogP contribution in [-0.2, 0) is 9.47 Å². The van der Waals surface area contributed by atoms with Crippen molar-refractivity contribution >= 4 is 6.09 Å². The van der Waals surface area contributed by atoms with Gasteiger partial charge < -0.3 is 19.1 Å². The molecule has 1 unspecified atom stereocenters. The lowest BCUT2D eigenvalue weighted by Crippen LogP contribution is -2.36. The van der Waals surface area contributed by atoms with E-state index in [1.165, 1.54) is 12.1 Å². The molecule has 0 aromatic heterocycles. The Hall–Kier alpha value is -1.82. The van der Waals surface area contributed by atoms with Crippen LogP contribution in [0.25, 0.3) is 0 Å². The summed E-state index contributed by atoms with van der Waals surface area (Å²) in [7, 11) is 0. The quantitative estimate of drug-likeness (QED) is 0.701. The van der Waals surface area contributed by atoms with E-state index in [1.807, 2.05) is 34.6 Å². The molecule has 5 nitrogen and oxygen atoms in total. The van der Waals surface area contributed by atoms with Crippen molar-refractivity contribution in [1.82, 2.24) is 4.90 Å². The molecular weight excluding hydrogens is 337 g/mol. The van der Waals surface area contributed by atoms with Gasteiger partial charge in [-0.2, -0.15) is 0 Å². The highest BCUT2D eigenvalue weighted by atomic mass is 19.1. The molecule has 0 radical (unpaired) electrons. The lowest BCUT2D eigenvalue weighted by Gasteiger charge is -2.24. The molecule has 1 fully saturated rings. The number of nitrogens with zero attached hydrogens (tertiary/aromatic N) is 1. The molecular formula is C20H30FNO4. The van der Waals surface area contributed by atoms with Crippen LogP contribution in [0.5, 0.6) is 5.75 Å². The van der Waals surface area contributed by atoms with Crippen LogP contribution in [-0.4, -0.2) is 49.0 Å². The van der Waals surface area contributed by atoms with E-state index in [4.69, 9.17) is 14.2 Å². The fraction of sp³-hybridized carbons (Fsp3) is 0.650. The van der Waals surface area contributed by atoms with Crippen molar-refractivity contribution in [2.75, 3.05) is 26.3 Å². The molecule has 1 atom stereocenters. The van der Waals surface area contributed by atoms with Crippen LogP contribution in [0.3, 0.4) is 0 Å². The van der Waals surface area contributed by atoms with Crippen LogP contribution in [0.2, 0.25) is 0 Å². The van der Waals surface area contributed by atoms with Crippen molar-refractivity contribution < 1.29 is 23.4 Å². The van der Waals surface area contributed by atoms with Gasteiger partial charge in [-0.05, 0) is 44.7 Å². The first-order chi connectivity index (χ1) is 12.2. The van der Waals surface area contributed by atoms with Crippen molar-refractivity contribution in [2.45, 2.75) is 58.7 Å². The van der Waals surface area contributed by atoms with E-state index in [0.29, 0.717) is 32.1 Å². The average Bonchev–Trinajstić information content (AvgIpc) is 2.99. The molecule has 1 aliphatic heterocycles. The Labute approximate surface area is 155 Å². The molecule has 1 aliphatic rings. The third kappa shape index (κ3) is 6.16. The van der Waals surface area contributed by atoms with Gasteiger partial charge in [-0.1, -0.05) is 19.9 Å². The molecule has 1 amide bonds. The summed E-state index contributed by atoms with van der Waals surface area (Å²) in [5, 5.41) is 0. The Kier molecular flexibility index (Phi) is 6.87. The molecule has 1 heterocycles. The van der Waals surface area contributed by atoms with Gasteiger partial charge in [-0.3, -0.25) is 0 Å². The van der Waals surface area contributed by atoms with E-state index < -0.39 is 5.60 Å². The average molecular weight is 367 g/mol. The summed E-state index contributed by atoms with van der Waals surface area (Å²) < 4.78 is 30.3. The van der Waals surface area contributed by atoms with E-state index in [-0.39, 0.29) is 23.9 Å². The second kappa shape index (κ2) is 8.71. The number of hydrogen-bond donors (Lipinski definition) is 0. The molecule has 1 aromatic carbocycles. The number of ether oxygens (including phenoxy) is 3. The molecule has 1 saturated heterocycles. The molecule has 6 heteroatoms. The largest absolute Gasteiger partial charge is 0.491 e. The fourth-order valence-electron chi connectivity index (χ4n) is 2.83. The number of halogens is 1. The molecule has 1 aromatic rings. The molecule has 2 rings (SSSR count). The van der Waals surface area contributed by atoms with Crippen LogP contribution in [0.15, 0.2) is 18.2 Å². The Balaban J connectivity index is 1.75. The maximum absolute atomic E-state index is 13.4. The van der Waals surface area contributed by atoms with E-state index in [9.17, 15) is 9.18 Å². The van der Waals surface area contributed by atoms with Crippen LogP contribution >= 0.6 is 0 Å². The predicted molar refractivity (Wildman–Crippen MR) is 98.1 cm³/mol. The summed E-state index contributed by atoms with van der Waals surface area (Å²) in [6, 6.07) is 4.61. The van der Waals surface area contributed by atoms with Gasteiger partial charge in [0.2, 0.25) is 0 Å². The van der Waals surface area contributed by atoms with Gasteiger partial charge in [-0.25, -0.2) is 9.18 Å². The molecule has 0 saturated carbocycles. The SMILES string of the molecule is CC(C)c1ccc(F)cc1OCCOC1CCN(C(=O)OC(C)(C)C)C1. The van der Waals surface area contributed by atoms with Gasteiger partial charge in [0, 0.05) is 12.6 Å². The molecule has 0 N–H and O–H groups in total. The number of carbonyl (C=O) groups is 1. The van der Waals surface area contributed by atoms with Crippen molar-refractivity contribution in [1.29, 1.82) is 0 Å². The van der Waals surface area contributed by atoms with E-state index in [0.717, 1.165) is 12.0 Å². The number of carbonyl (C=O) groups excluding carboxylic acids is 1. The van der Waals surface area contributed by atoms with Crippen LogP contribution in [0.1, 0.15) is 52.5 Å². The highest BCUT2D eigenvalue weighted by Crippen LogP contribution is 2.27. The maximum atomic E-state index is 13.4. The van der Waals surface area contributed by atoms with E-state index in [2.05, 4.69) is 0 Å². The summed E-state index contributed by atoms with van der Waals surface area (Å²) in [6.07, 6.45) is 0.445. The van der Waals surface area contributed by atoms with Gasteiger partial charge in [-0.15, -0.1) is 0 Å². The number of rotatable bonds is 6. The van der Waals surface area contributed by atoms with Crippen LogP contribution < -0.4 is 4.74 Å². The van der Waals surface area contributed by atoms with Gasteiger partial charge >= 0.3 is 6.09 Å². The van der Waals surface area contributed by atoms with Crippen molar-refractivity contribution in [3.8, 4) is 5.75 Å². The van der Waals surface area contributed by atoms with Gasteiger partial charge in [0.25, 0.3) is 0 Å². The summed E-state index contributed by atoms with van der Waals surface area (Å²) in [6.45, 7) is 11.5. The van der Waals surface area contributed by atoms with E-state index >= 15 is 0 Å². The molecule has 0 bridgehead atoms. The minimum absolute atomic E-state index is 0.0248. The lowest BCUT2D eigenvalue weighted by atomic mass is 10.0. The summed E-state index contributed by atoms with van der Waals surface area (Å²) in [4.78, 5) is 13.7. The topological polar surface area (TPSA) is 48.0 Å². The Morgan fingerprint density at radius 3 is 2.69 bits per heavy atom. The third-order valence-electron chi connectivity index (χ3n) is 4.09. The first kappa shape index (κ1) is 20.5. The van der Waals surface area contributed by atoms with Gasteiger partial charge in [0.15, 0.2) is 0 Å². The standard InChI is InChI=1S/C20H30FNO4/c1-14(2)17-7-6-15(21)12-18(17)25-11-10-24-16-8-9-22(13-16)19(23)26-20(3,4)5/h6-7,12,14,16H,8-11,13H2,1-5H3. The van der Waals surface area contributed by atoms with Crippen molar-refractivity contribution in [3.63, 3.8) is 0 Å². The smallest absolute Gasteiger partial charge is 0.410 e. The summed E-state index contributed by atoms with van der Waals surface area (Å²) in [5.41, 5.74) is 0.478. The zero-order chi connectivity index (χ0) is 19.3. The fourth-order valence-corrected chi connectivity index (χ4v) is 2.83. The number of hydrogen-bond acceptors (Lipinski definition) is 4. The molecule has 26 heavy (non-hydrogen) atoms. The highest BCUT2D eigenvalue weighted by molar-refractivity contribution is 5.68. The Morgan fingerprint density at radius 2 is 2.04 bits per heavy atom. The number of benzene rings is 1. The van der Waals surface area contributed by atoms with Crippen LogP contribution in [0, 0.1) is 5.82 Å². The van der Waals surface area contributed by atoms with Gasteiger partial charge in [0.1, 0.15) is 23.8 Å².